The number of carbonyl (C=O) groups excluding carboxylic acids is 2. The van der Waals surface area contributed by atoms with Gasteiger partial charge in [-0.1, -0.05) is 0 Å². The maximum Gasteiger partial charge on any atom is 0.315 e. The van der Waals surface area contributed by atoms with Gasteiger partial charge in [0.05, 0.1) is 13.2 Å². The van der Waals surface area contributed by atoms with E-state index in [1.165, 1.54) is 19.1 Å². The lowest BCUT2D eigenvalue weighted by Gasteiger charge is -2.28. The molecule has 0 radical (unpaired) electrons. The van der Waals surface area contributed by atoms with Crippen LogP contribution in [0.1, 0.15) is 27.2 Å². The normalized spacial score (nSPS) is 26.1. The third-order valence-electron chi connectivity index (χ3n) is 2.68. The predicted molar refractivity (Wildman–Crippen MR) is 74.3 cm³/mol. The first-order chi connectivity index (χ1) is 9.39. The smallest absolute Gasteiger partial charge is 0.315 e. The number of rotatable bonds is 7. The van der Waals surface area contributed by atoms with Crippen LogP contribution in [0, 0.1) is 0 Å². The molecule has 0 heterocycles. The van der Waals surface area contributed by atoms with E-state index < -0.39 is 26.0 Å². The van der Waals surface area contributed by atoms with Gasteiger partial charge in [0.15, 0.2) is 14.2 Å². The van der Waals surface area contributed by atoms with E-state index in [1.807, 2.05) is 13.8 Å². The highest BCUT2D eigenvalue weighted by Crippen LogP contribution is 2.38. The summed E-state index contributed by atoms with van der Waals surface area (Å²) in [7, 11) is -1.29. The lowest BCUT2D eigenvalue weighted by Crippen LogP contribution is -2.41. The maximum atomic E-state index is 11.8. The summed E-state index contributed by atoms with van der Waals surface area (Å²) in [4.78, 5) is 23.2. The van der Waals surface area contributed by atoms with E-state index in [0.717, 1.165) is 0 Å². The molecule has 0 aromatic carbocycles. The number of hydrogen-bond acceptors (Lipinski definition) is 6. The van der Waals surface area contributed by atoms with Crippen molar-refractivity contribution in [3.63, 3.8) is 0 Å². The molecule has 0 spiro atoms. The van der Waals surface area contributed by atoms with Gasteiger partial charge >= 0.3 is 5.97 Å². The molecular weight excluding hydrogens is 283 g/mol. The van der Waals surface area contributed by atoms with Gasteiger partial charge in [-0.25, -0.2) is 0 Å². The van der Waals surface area contributed by atoms with Crippen molar-refractivity contribution >= 4 is 20.1 Å². The van der Waals surface area contributed by atoms with Crippen LogP contribution in [0.5, 0.6) is 0 Å². The van der Waals surface area contributed by atoms with Gasteiger partial charge in [0.25, 0.3) is 0 Å². The summed E-state index contributed by atoms with van der Waals surface area (Å²) in [6, 6.07) is 0. The number of esters is 1. The van der Waals surface area contributed by atoms with Crippen molar-refractivity contribution in [2.45, 2.75) is 38.9 Å². The topological polar surface area (TPSA) is 82.1 Å². The number of ketones is 1. The van der Waals surface area contributed by atoms with Gasteiger partial charge in [0.2, 0.25) is 0 Å². The highest BCUT2D eigenvalue weighted by Gasteiger charge is 2.36. The van der Waals surface area contributed by atoms with Crippen LogP contribution in [0.15, 0.2) is 12.2 Å². The summed E-state index contributed by atoms with van der Waals surface area (Å²) in [5, 5.41) is 9.84. The van der Waals surface area contributed by atoms with Crippen LogP contribution in [0.4, 0.5) is 0 Å². The van der Waals surface area contributed by atoms with Gasteiger partial charge in [-0.3, -0.25) is 9.59 Å². The average molecular weight is 304 g/mol. The predicted octanol–water partition coefficient (Wildman–Crippen LogP) is 1.56. The molecule has 0 amide bonds. The molecule has 0 aromatic heterocycles. The quantitative estimate of drug-likeness (QED) is 0.568. The zero-order valence-electron chi connectivity index (χ0n) is 12.0. The molecule has 0 aliphatic heterocycles. The first kappa shape index (κ1) is 17.2. The molecule has 0 saturated carbocycles. The number of hydrogen-bond donors (Lipinski definition) is 1. The number of ether oxygens (including phenoxy) is 1. The van der Waals surface area contributed by atoms with Crippen LogP contribution in [0.3, 0.4) is 0 Å². The molecular formula is C13H21O6P. The Labute approximate surface area is 120 Å². The Balaban J connectivity index is 2.50. The van der Waals surface area contributed by atoms with Crippen molar-refractivity contribution in [3.8, 4) is 0 Å². The van der Waals surface area contributed by atoms with Gasteiger partial charge < -0.3 is 18.9 Å². The van der Waals surface area contributed by atoms with Gasteiger partial charge in [-0.2, -0.15) is 0 Å². The van der Waals surface area contributed by atoms with Crippen LogP contribution in [0.2, 0.25) is 0 Å². The molecule has 1 aliphatic carbocycles. The molecule has 20 heavy (non-hydrogen) atoms. The largest absolute Gasteiger partial charge is 0.458 e. The average Bonchev–Trinajstić information content (AvgIpc) is 2.34. The molecule has 0 aromatic rings. The zero-order valence-corrected chi connectivity index (χ0v) is 12.9. The fourth-order valence-electron chi connectivity index (χ4n) is 1.74. The molecule has 1 rings (SSSR count). The fourth-order valence-corrected chi connectivity index (χ4v) is 2.86. The summed E-state index contributed by atoms with van der Waals surface area (Å²) in [6.45, 7) is 5.99. The molecule has 0 bridgehead atoms. The third-order valence-corrected chi connectivity index (χ3v) is 4.29. The Morgan fingerprint density at radius 3 is 2.55 bits per heavy atom. The van der Waals surface area contributed by atoms with E-state index in [1.54, 1.807) is 0 Å². The van der Waals surface area contributed by atoms with Crippen LogP contribution in [-0.2, 0) is 23.4 Å². The van der Waals surface area contributed by atoms with Crippen molar-refractivity contribution < 1.29 is 28.5 Å². The van der Waals surface area contributed by atoms with Gasteiger partial charge in [0, 0.05) is 6.42 Å². The Kier molecular flexibility index (Phi) is 6.76. The second-order valence-electron chi connectivity index (χ2n) is 4.56. The molecule has 1 aliphatic rings. The maximum absolute atomic E-state index is 11.8. The van der Waals surface area contributed by atoms with Gasteiger partial charge in [0.1, 0.15) is 17.9 Å². The van der Waals surface area contributed by atoms with Crippen molar-refractivity contribution in [2.75, 3.05) is 19.4 Å². The molecule has 0 saturated heterocycles. The third kappa shape index (κ3) is 5.29. The SMILES string of the molecule is CCOP(CC(=O)O[C@H]1C=CC(=O)[C@@](C)(O)C1)OCC. The molecule has 0 unspecified atom stereocenters. The minimum atomic E-state index is -1.48. The highest BCUT2D eigenvalue weighted by atomic mass is 31.2. The summed E-state index contributed by atoms with van der Waals surface area (Å²) in [5.41, 5.74) is -1.48. The molecule has 1 N–H and O–H groups in total. The monoisotopic (exact) mass is 304 g/mol. The van der Waals surface area contributed by atoms with E-state index in [4.69, 9.17) is 13.8 Å². The zero-order chi connectivity index (χ0) is 15.2. The van der Waals surface area contributed by atoms with Gasteiger partial charge in [-0.15, -0.1) is 0 Å². The molecule has 114 valence electrons. The van der Waals surface area contributed by atoms with Crippen molar-refractivity contribution in [1.29, 1.82) is 0 Å². The lowest BCUT2D eigenvalue weighted by molar-refractivity contribution is -0.150. The summed E-state index contributed by atoms with van der Waals surface area (Å²) < 4.78 is 15.9. The van der Waals surface area contributed by atoms with Gasteiger partial charge in [-0.05, 0) is 32.9 Å². The van der Waals surface area contributed by atoms with E-state index in [2.05, 4.69) is 0 Å². The second kappa shape index (κ2) is 7.84. The van der Waals surface area contributed by atoms with E-state index in [9.17, 15) is 14.7 Å². The van der Waals surface area contributed by atoms with Crippen molar-refractivity contribution in [3.05, 3.63) is 12.2 Å². The van der Waals surface area contributed by atoms with E-state index in [-0.39, 0.29) is 18.4 Å². The van der Waals surface area contributed by atoms with Crippen LogP contribution >= 0.6 is 8.38 Å². The molecule has 2 atom stereocenters. The summed E-state index contributed by atoms with van der Waals surface area (Å²) >= 11 is 0. The standard InChI is InChI=1S/C13H21O6P/c1-4-17-20(18-5-2)9-12(15)19-10-6-7-11(14)13(3,16)8-10/h6-7,10,16H,4-5,8-9H2,1-3H3/t10-,13-/m0/s1. The van der Waals surface area contributed by atoms with E-state index in [0.29, 0.717) is 13.2 Å². The minimum Gasteiger partial charge on any atom is -0.458 e. The fraction of sp³-hybridized carbons (Fsp3) is 0.692. The Bertz CT molecular complexity index is 373. The van der Waals surface area contributed by atoms with Crippen LogP contribution < -0.4 is 0 Å². The van der Waals surface area contributed by atoms with E-state index >= 15 is 0 Å². The summed E-state index contributed by atoms with van der Waals surface area (Å²) in [5.74, 6) is -0.839. The molecule has 6 nitrogen and oxygen atoms in total. The van der Waals surface area contributed by atoms with Crippen molar-refractivity contribution in [1.82, 2.24) is 0 Å². The van der Waals surface area contributed by atoms with Crippen LogP contribution in [0.25, 0.3) is 0 Å². The number of aliphatic hydroxyl groups is 1. The number of carbonyl (C=O) groups is 2. The first-order valence-corrected chi connectivity index (χ1v) is 7.93. The lowest BCUT2D eigenvalue weighted by atomic mass is 9.88. The minimum absolute atomic E-state index is 0.0391. The summed E-state index contributed by atoms with van der Waals surface area (Å²) in [6.07, 6.45) is 2.24. The van der Waals surface area contributed by atoms with Crippen LogP contribution in [-0.4, -0.2) is 47.9 Å². The molecule has 7 heteroatoms. The first-order valence-electron chi connectivity index (χ1n) is 6.57. The van der Waals surface area contributed by atoms with Crippen molar-refractivity contribution in [2.24, 2.45) is 0 Å². The Hall–Kier alpha value is -0.810. The second-order valence-corrected chi connectivity index (χ2v) is 6.05. The Morgan fingerprint density at radius 1 is 1.45 bits per heavy atom. The Morgan fingerprint density at radius 2 is 2.05 bits per heavy atom. The highest BCUT2D eigenvalue weighted by molar-refractivity contribution is 7.48. The molecule has 0 fully saturated rings.